The van der Waals surface area contributed by atoms with Crippen molar-refractivity contribution >= 4 is 5.97 Å². The summed E-state index contributed by atoms with van der Waals surface area (Å²) in [5.74, 6) is -1.11. The minimum Gasteiger partial charge on any atom is -0.497 e. The van der Waals surface area contributed by atoms with Gasteiger partial charge in [-0.25, -0.2) is 0 Å². The van der Waals surface area contributed by atoms with Crippen molar-refractivity contribution in [2.24, 2.45) is 11.8 Å². The van der Waals surface area contributed by atoms with Gasteiger partial charge in [0.05, 0.1) is 24.5 Å². The van der Waals surface area contributed by atoms with Crippen molar-refractivity contribution in [3.05, 3.63) is 29.8 Å². The van der Waals surface area contributed by atoms with Crippen molar-refractivity contribution in [2.75, 3.05) is 7.11 Å². The van der Waals surface area contributed by atoms with E-state index in [1.807, 2.05) is 38.1 Å². The standard InChI is InChI=1S/C16H21NO3/c1-5-16(10-17,12(3)11(2)15(18)19)13-7-6-8-14(9-13)20-4/h6-9,11-12H,5H2,1-4H3,(H,18,19). The summed E-state index contributed by atoms with van der Waals surface area (Å²) in [5, 5.41) is 18.9. The fourth-order valence-electron chi connectivity index (χ4n) is 2.58. The summed E-state index contributed by atoms with van der Waals surface area (Å²) in [7, 11) is 1.57. The van der Waals surface area contributed by atoms with Crippen LogP contribution in [0.4, 0.5) is 0 Å². The molecule has 20 heavy (non-hydrogen) atoms. The van der Waals surface area contributed by atoms with Gasteiger partial charge in [-0.3, -0.25) is 4.79 Å². The van der Waals surface area contributed by atoms with E-state index in [0.29, 0.717) is 12.2 Å². The summed E-state index contributed by atoms with van der Waals surface area (Å²) in [4.78, 5) is 11.2. The predicted octanol–water partition coefficient (Wildman–Crippen LogP) is 3.22. The maximum atomic E-state index is 11.2. The molecule has 0 radical (unpaired) electrons. The number of carboxylic acid groups (broad SMARTS) is 1. The molecule has 4 nitrogen and oxygen atoms in total. The molecule has 1 rings (SSSR count). The number of hydrogen-bond acceptors (Lipinski definition) is 3. The number of carboxylic acids is 1. The third-order valence-corrected chi connectivity index (χ3v) is 4.26. The van der Waals surface area contributed by atoms with Crippen LogP contribution in [0, 0.1) is 23.2 Å². The third-order valence-electron chi connectivity index (χ3n) is 4.26. The van der Waals surface area contributed by atoms with Crippen molar-refractivity contribution in [1.29, 1.82) is 5.26 Å². The summed E-state index contributed by atoms with van der Waals surface area (Å²) in [6.07, 6.45) is 0.551. The van der Waals surface area contributed by atoms with Crippen molar-refractivity contribution < 1.29 is 14.6 Å². The molecular formula is C16H21NO3. The summed E-state index contributed by atoms with van der Waals surface area (Å²) < 4.78 is 5.20. The van der Waals surface area contributed by atoms with E-state index in [-0.39, 0.29) is 5.92 Å². The van der Waals surface area contributed by atoms with Gasteiger partial charge in [0.2, 0.25) is 0 Å². The lowest BCUT2D eigenvalue weighted by Gasteiger charge is -2.34. The Morgan fingerprint density at radius 2 is 2.15 bits per heavy atom. The number of carbonyl (C=O) groups is 1. The summed E-state index contributed by atoms with van der Waals surface area (Å²) in [6, 6.07) is 9.67. The van der Waals surface area contributed by atoms with E-state index >= 15 is 0 Å². The number of nitriles is 1. The van der Waals surface area contributed by atoms with Crippen molar-refractivity contribution in [3.63, 3.8) is 0 Å². The first-order valence-corrected chi connectivity index (χ1v) is 6.71. The van der Waals surface area contributed by atoms with Gasteiger partial charge in [0.1, 0.15) is 5.75 Å². The SMILES string of the molecule is CCC(C#N)(c1cccc(OC)c1)C(C)C(C)C(=O)O. The highest BCUT2D eigenvalue weighted by atomic mass is 16.5. The van der Waals surface area contributed by atoms with Gasteiger partial charge in [0, 0.05) is 0 Å². The zero-order valence-electron chi connectivity index (χ0n) is 12.4. The van der Waals surface area contributed by atoms with E-state index in [1.165, 1.54) is 0 Å². The number of benzene rings is 1. The fraction of sp³-hybridized carbons (Fsp3) is 0.500. The van der Waals surface area contributed by atoms with Crippen LogP contribution in [0.15, 0.2) is 24.3 Å². The van der Waals surface area contributed by atoms with E-state index < -0.39 is 17.3 Å². The molecule has 3 unspecified atom stereocenters. The minimum atomic E-state index is -0.881. The lowest BCUT2D eigenvalue weighted by Crippen LogP contribution is -2.38. The summed E-state index contributed by atoms with van der Waals surface area (Å²) in [6.45, 7) is 5.38. The predicted molar refractivity (Wildman–Crippen MR) is 76.5 cm³/mol. The normalized spacial score (nSPS) is 16.6. The van der Waals surface area contributed by atoms with Crippen LogP contribution in [0.2, 0.25) is 0 Å². The molecule has 0 aromatic heterocycles. The van der Waals surface area contributed by atoms with Crippen molar-refractivity contribution in [2.45, 2.75) is 32.6 Å². The highest BCUT2D eigenvalue weighted by molar-refractivity contribution is 5.70. The van der Waals surface area contributed by atoms with E-state index in [1.54, 1.807) is 14.0 Å². The molecule has 0 saturated heterocycles. The van der Waals surface area contributed by atoms with Crippen LogP contribution in [-0.2, 0) is 10.2 Å². The molecule has 1 aromatic carbocycles. The Bertz CT molecular complexity index is 521. The molecule has 0 aliphatic heterocycles. The molecule has 4 heteroatoms. The number of ether oxygens (including phenoxy) is 1. The van der Waals surface area contributed by atoms with Crippen LogP contribution < -0.4 is 4.74 Å². The van der Waals surface area contributed by atoms with Gasteiger partial charge >= 0.3 is 5.97 Å². The molecule has 0 aliphatic rings. The average Bonchev–Trinajstić information content (AvgIpc) is 2.48. The second-order valence-electron chi connectivity index (χ2n) is 5.08. The Morgan fingerprint density at radius 3 is 2.60 bits per heavy atom. The molecule has 0 bridgehead atoms. The van der Waals surface area contributed by atoms with Crippen molar-refractivity contribution in [1.82, 2.24) is 0 Å². The molecule has 1 aromatic rings. The van der Waals surface area contributed by atoms with Crippen molar-refractivity contribution in [3.8, 4) is 11.8 Å². The zero-order valence-corrected chi connectivity index (χ0v) is 12.4. The Labute approximate surface area is 120 Å². The monoisotopic (exact) mass is 275 g/mol. The van der Waals surface area contributed by atoms with Crippen LogP contribution in [-0.4, -0.2) is 18.2 Å². The van der Waals surface area contributed by atoms with E-state index in [0.717, 1.165) is 5.56 Å². The smallest absolute Gasteiger partial charge is 0.306 e. The molecule has 0 amide bonds. The lowest BCUT2D eigenvalue weighted by atomic mass is 9.66. The number of rotatable bonds is 6. The third kappa shape index (κ3) is 2.77. The molecular weight excluding hydrogens is 254 g/mol. The second kappa shape index (κ2) is 6.42. The first-order chi connectivity index (χ1) is 9.42. The molecule has 108 valence electrons. The average molecular weight is 275 g/mol. The first-order valence-electron chi connectivity index (χ1n) is 6.71. The lowest BCUT2D eigenvalue weighted by molar-refractivity contribution is -0.143. The number of hydrogen-bond donors (Lipinski definition) is 1. The van der Waals surface area contributed by atoms with Gasteiger partial charge < -0.3 is 9.84 Å². The number of nitrogens with zero attached hydrogens (tertiary/aromatic N) is 1. The molecule has 0 saturated carbocycles. The second-order valence-corrected chi connectivity index (χ2v) is 5.08. The van der Waals surface area contributed by atoms with E-state index in [9.17, 15) is 15.2 Å². The zero-order chi connectivity index (χ0) is 15.3. The van der Waals surface area contributed by atoms with E-state index in [2.05, 4.69) is 6.07 Å². The Kier molecular flexibility index (Phi) is 5.15. The first kappa shape index (κ1) is 16.0. The van der Waals surface area contributed by atoms with Gasteiger partial charge in [-0.2, -0.15) is 5.26 Å². The minimum absolute atomic E-state index is 0.304. The Hall–Kier alpha value is -2.02. The largest absolute Gasteiger partial charge is 0.497 e. The molecule has 0 spiro atoms. The topological polar surface area (TPSA) is 70.3 Å². The van der Waals surface area contributed by atoms with Crippen LogP contribution in [0.1, 0.15) is 32.8 Å². The highest BCUT2D eigenvalue weighted by Gasteiger charge is 2.41. The van der Waals surface area contributed by atoms with E-state index in [4.69, 9.17) is 4.74 Å². The quantitative estimate of drug-likeness (QED) is 0.865. The Balaban J connectivity index is 3.34. The van der Waals surface area contributed by atoms with Gasteiger partial charge in [-0.1, -0.05) is 32.9 Å². The van der Waals surface area contributed by atoms with Crippen LogP contribution in [0.5, 0.6) is 5.75 Å². The molecule has 0 fully saturated rings. The van der Waals surface area contributed by atoms with Gasteiger partial charge in [-0.05, 0) is 30.0 Å². The summed E-state index contributed by atoms with van der Waals surface area (Å²) >= 11 is 0. The Morgan fingerprint density at radius 1 is 1.50 bits per heavy atom. The number of aliphatic carboxylic acids is 1. The molecule has 1 N–H and O–H groups in total. The maximum absolute atomic E-state index is 11.2. The molecule has 3 atom stereocenters. The highest BCUT2D eigenvalue weighted by Crippen LogP contribution is 2.40. The van der Waals surface area contributed by atoms with Gasteiger partial charge in [0.25, 0.3) is 0 Å². The van der Waals surface area contributed by atoms with Gasteiger partial charge in [-0.15, -0.1) is 0 Å². The maximum Gasteiger partial charge on any atom is 0.306 e. The van der Waals surface area contributed by atoms with Crippen LogP contribution in [0.25, 0.3) is 0 Å². The molecule has 0 heterocycles. The fourth-order valence-corrected chi connectivity index (χ4v) is 2.58. The van der Waals surface area contributed by atoms with Gasteiger partial charge in [0.15, 0.2) is 0 Å². The summed E-state index contributed by atoms with van der Waals surface area (Å²) in [5.41, 5.74) is -0.0192. The number of methoxy groups -OCH3 is 1. The van der Waals surface area contributed by atoms with Crippen LogP contribution >= 0.6 is 0 Å². The van der Waals surface area contributed by atoms with Crippen LogP contribution in [0.3, 0.4) is 0 Å². The molecule has 0 aliphatic carbocycles.